The fourth-order valence-corrected chi connectivity index (χ4v) is 5.20. The first-order chi connectivity index (χ1) is 15.9. The molecular weight excluding hydrogens is 446 g/mol. The number of benzene rings is 2. The zero-order chi connectivity index (χ0) is 23.3. The lowest BCUT2D eigenvalue weighted by Crippen LogP contribution is -2.40. The van der Waals surface area contributed by atoms with Gasteiger partial charge in [-0.25, -0.2) is 8.42 Å². The van der Waals surface area contributed by atoms with Crippen molar-refractivity contribution in [1.29, 1.82) is 0 Å². The molecule has 178 valence electrons. The third kappa shape index (κ3) is 5.83. The summed E-state index contributed by atoms with van der Waals surface area (Å²) in [5.74, 6) is 0.221. The highest BCUT2D eigenvalue weighted by atomic mass is 32.2. The molecular formula is C23H29N3O6S. The van der Waals surface area contributed by atoms with E-state index in [0.29, 0.717) is 64.0 Å². The number of carbonyl (C=O) groups is 1. The summed E-state index contributed by atoms with van der Waals surface area (Å²) in [6.45, 7) is 5.56. The van der Waals surface area contributed by atoms with Crippen LogP contribution in [0.5, 0.6) is 5.75 Å². The minimum Gasteiger partial charge on any atom is -0.484 e. The minimum absolute atomic E-state index is 0.135. The van der Waals surface area contributed by atoms with Crippen LogP contribution in [0.1, 0.15) is 5.56 Å². The van der Waals surface area contributed by atoms with Gasteiger partial charge >= 0.3 is 0 Å². The number of anilines is 2. The van der Waals surface area contributed by atoms with Crippen molar-refractivity contribution in [3.05, 3.63) is 48.0 Å². The van der Waals surface area contributed by atoms with Crippen LogP contribution >= 0.6 is 0 Å². The molecule has 9 nitrogen and oxygen atoms in total. The molecule has 4 rings (SSSR count). The van der Waals surface area contributed by atoms with Crippen LogP contribution < -0.4 is 15.0 Å². The van der Waals surface area contributed by atoms with Gasteiger partial charge in [0, 0.05) is 26.2 Å². The van der Waals surface area contributed by atoms with Gasteiger partial charge in [0.1, 0.15) is 5.75 Å². The van der Waals surface area contributed by atoms with E-state index >= 15 is 0 Å². The van der Waals surface area contributed by atoms with Crippen LogP contribution in [0.2, 0.25) is 0 Å². The van der Waals surface area contributed by atoms with E-state index in [4.69, 9.17) is 14.2 Å². The maximum absolute atomic E-state index is 13.2. The number of ether oxygens (including phenoxy) is 3. The maximum atomic E-state index is 13.2. The van der Waals surface area contributed by atoms with Crippen LogP contribution in [0, 0.1) is 6.92 Å². The summed E-state index contributed by atoms with van der Waals surface area (Å²) in [6, 6.07) is 12.3. The van der Waals surface area contributed by atoms with Crippen LogP contribution in [0.3, 0.4) is 0 Å². The highest BCUT2D eigenvalue weighted by Crippen LogP contribution is 2.31. The van der Waals surface area contributed by atoms with Crippen molar-refractivity contribution in [3.8, 4) is 5.75 Å². The molecule has 0 spiro atoms. The number of sulfonamides is 1. The van der Waals surface area contributed by atoms with Crippen molar-refractivity contribution < 1.29 is 27.4 Å². The van der Waals surface area contributed by atoms with Gasteiger partial charge in [0.25, 0.3) is 5.91 Å². The molecule has 2 fully saturated rings. The summed E-state index contributed by atoms with van der Waals surface area (Å²) in [4.78, 5) is 14.9. The molecule has 2 aromatic carbocycles. The van der Waals surface area contributed by atoms with Crippen LogP contribution in [0.4, 0.5) is 11.4 Å². The predicted molar refractivity (Wildman–Crippen MR) is 124 cm³/mol. The van der Waals surface area contributed by atoms with Gasteiger partial charge in [-0.3, -0.25) is 4.79 Å². The lowest BCUT2D eigenvalue weighted by Gasteiger charge is -2.31. The quantitative estimate of drug-likeness (QED) is 0.653. The second-order valence-electron chi connectivity index (χ2n) is 7.94. The highest BCUT2D eigenvalue weighted by Gasteiger charge is 2.28. The topological polar surface area (TPSA) is 97.4 Å². The Kier molecular flexibility index (Phi) is 7.49. The normalized spacial score (nSPS) is 17.5. The van der Waals surface area contributed by atoms with Gasteiger partial charge in [0.05, 0.1) is 42.7 Å². The van der Waals surface area contributed by atoms with Crippen LogP contribution in [0.15, 0.2) is 47.4 Å². The van der Waals surface area contributed by atoms with Gasteiger partial charge in [-0.15, -0.1) is 0 Å². The van der Waals surface area contributed by atoms with Crippen molar-refractivity contribution in [2.75, 3.05) is 69.4 Å². The summed E-state index contributed by atoms with van der Waals surface area (Å²) in [7, 11) is -3.70. The van der Waals surface area contributed by atoms with E-state index in [1.165, 1.54) is 10.4 Å². The number of nitrogens with zero attached hydrogens (tertiary/aromatic N) is 2. The average molecular weight is 476 g/mol. The first-order valence-electron chi connectivity index (χ1n) is 11.0. The third-order valence-electron chi connectivity index (χ3n) is 5.59. The van der Waals surface area contributed by atoms with Gasteiger partial charge in [-0.05, 0) is 37.3 Å². The van der Waals surface area contributed by atoms with Crippen molar-refractivity contribution in [3.63, 3.8) is 0 Å². The monoisotopic (exact) mass is 475 g/mol. The third-order valence-corrected chi connectivity index (χ3v) is 7.49. The predicted octanol–water partition coefficient (Wildman–Crippen LogP) is 1.87. The molecule has 0 atom stereocenters. The van der Waals surface area contributed by atoms with Crippen molar-refractivity contribution in [2.45, 2.75) is 11.8 Å². The first-order valence-corrected chi connectivity index (χ1v) is 12.4. The zero-order valence-electron chi connectivity index (χ0n) is 18.7. The molecule has 0 aliphatic carbocycles. The average Bonchev–Trinajstić information content (AvgIpc) is 2.85. The molecule has 0 unspecified atom stereocenters. The molecule has 33 heavy (non-hydrogen) atoms. The number of hydrogen-bond donors (Lipinski definition) is 1. The summed E-state index contributed by atoms with van der Waals surface area (Å²) >= 11 is 0. The van der Waals surface area contributed by atoms with Gasteiger partial charge in [0.15, 0.2) is 6.61 Å². The largest absolute Gasteiger partial charge is 0.484 e. The number of aryl methyl sites for hydroxylation is 1. The second kappa shape index (κ2) is 10.5. The molecule has 2 aliphatic rings. The molecule has 10 heteroatoms. The second-order valence-corrected chi connectivity index (χ2v) is 9.88. The molecule has 2 aliphatic heterocycles. The van der Waals surface area contributed by atoms with Crippen LogP contribution in [-0.4, -0.2) is 77.8 Å². The number of hydrogen-bond acceptors (Lipinski definition) is 7. The molecule has 2 aromatic rings. The van der Waals surface area contributed by atoms with Gasteiger partial charge in [-0.2, -0.15) is 4.31 Å². The van der Waals surface area contributed by atoms with E-state index in [9.17, 15) is 13.2 Å². The fraction of sp³-hybridized carbons (Fsp3) is 0.435. The summed E-state index contributed by atoms with van der Waals surface area (Å²) in [6.07, 6.45) is 0. The maximum Gasteiger partial charge on any atom is 0.262 e. The Hall–Kier alpha value is -2.66. The molecule has 2 saturated heterocycles. The SMILES string of the molecule is Cc1ccc(OCC(=O)Nc2cc(S(=O)(=O)N3CCOCC3)ccc2N2CCOCC2)cc1. The molecule has 0 saturated carbocycles. The number of morpholine rings is 2. The smallest absolute Gasteiger partial charge is 0.262 e. The number of amides is 1. The van der Waals surface area contributed by atoms with E-state index in [0.717, 1.165) is 11.3 Å². The van der Waals surface area contributed by atoms with E-state index in [1.807, 2.05) is 19.1 Å². The Morgan fingerprint density at radius 3 is 2.27 bits per heavy atom. The number of rotatable bonds is 7. The number of nitrogens with one attached hydrogen (secondary N) is 1. The molecule has 2 heterocycles. The van der Waals surface area contributed by atoms with E-state index in [2.05, 4.69) is 10.2 Å². The molecule has 1 N–H and O–H groups in total. The van der Waals surface area contributed by atoms with E-state index < -0.39 is 10.0 Å². The highest BCUT2D eigenvalue weighted by molar-refractivity contribution is 7.89. The standard InChI is InChI=1S/C23H29N3O6S/c1-18-2-4-19(5-3-18)32-17-23(27)24-21-16-20(33(28,29)26-10-14-31-15-11-26)6-7-22(21)25-8-12-30-13-9-25/h2-7,16H,8-15,17H2,1H3,(H,24,27). The van der Waals surface area contributed by atoms with E-state index in [1.54, 1.807) is 24.3 Å². The molecule has 1 amide bonds. The fourth-order valence-electron chi connectivity index (χ4n) is 3.76. The van der Waals surface area contributed by atoms with Gasteiger partial charge in [0.2, 0.25) is 10.0 Å². The Balaban J connectivity index is 1.55. The Morgan fingerprint density at radius 1 is 0.970 bits per heavy atom. The summed E-state index contributed by atoms with van der Waals surface area (Å²) in [5, 5.41) is 2.85. The minimum atomic E-state index is -3.70. The van der Waals surface area contributed by atoms with Gasteiger partial charge in [-0.1, -0.05) is 17.7 Å². The van der Waals surface area contributed by atoms with Crippen LogP contribution in [-0.2, 0) is 24.3 Å². The van der Waals surface area contributed by atoms with E-state index in [-0.39, 0.29) is 17.4 Å². The van der Waals surface area contributed by atoms with Crippen LogP contribution in [0.25, 0.3) is 0 Å². The Bertz CT molecular complexity index is 1060. The van der Waals surface area contributed by atoms with Crippen molar-refractivity contribution >= 4 is 27.3 Å². The summed E-state index contributed by atoms with van der Waals surface area (Å²) in [5.41, 5.74) is 2.28. The lowest BCUT2D eigenvalue weighted by molar-refractivity contribution is -0.118. The molecule has 0 radical (unpaired) electrons. The van der Waals surface area contributed by atoms with Gasteiger partial charge < -0.3 is 24.4 Å². The Labute approximate surface area is 194 Å². The lowest BCUT2D eigenvalue weighted by atomic mass is 10.2. The summed E-state index contributed by atoms with van der Waals surface area (Å²) < 4.78 is 44.0. The molecule has 0 bridgehead atoms. The first kappa shape index (κ1) is 23.5. The Morgan fingerprint density at radius 2 is 1.61 bits per heavy atom. The van der Waals surface area contributed by atoms with Crippen molar-refractivity contribution in [2.24, 2.45) is 0 Å². The van der Waals surface area contributed by atoms with Crippen molar-refractivity contribution in [1.82, 2.24) is 4.31 Å². The zero-order valence-corrected chi connectivity index (χ0v) is 19.5. The molecule has 0 aromatic heterocycles. The number of carbonyl (C=O) groups excluding carboxylic acids is 1.